The molecule has 1 atom stereocenters. The zero-order valence-corrected chi connectivity index (χ0v) is 11.2. The van der Waals surface area contributed by atoms with Crippen LogP contribution in [0.5, 0.6) is 0 Å². The highest BCUT2D eigenvalue weighted by Crippen LogP contribution is 2.19. The van der Waals surface area contributed by atoms with Crippen LogP contribution in [-0.4, -0.2) is 18.5 Å². The van der Waals surface area contributed by atoms with Gasteiger partial charge in [0.1, 0.15) is 0 Å². The molecule has 17 heavy (non-hydrogen) atoms. The first-order valence-corrected chi connectivity index (χ1v) is 6.02. The van der Waals surface area contributed by atoms with E-state index in [1.807, 2.05) is 38.1 Å². The molecule has 1 aromatic rings. The number of carbonyl (C=O) groups is 1. The molecular formula is C14H22N2O. The first kappa shape index (κ1) is 13.7. The maximum Gasteiger partial charge on any atom is 0.246 e. The molecule has 0 bridgehead atoms. The predicted molar refractivity (Wildman–Crippen MR) is 72.1 cm³/mol. The van der Waals surface area contributed by atoms with Gasteiger partial charge in [0.05, 0.1) is 5.54 Å². The fraction of sp³-hybridized carbons (Fsp3) is 0.500. The Morgan fingerprint density at radius 3 is 2.35 bits per heavy atom. The third-order valence-electron chi connectivity index (χ3n) is 2.98. The Balaban J connectivity index is 2.86. The van der Waals surface area contributed by atoms with Crippen LogP contribution in [0.3, 0.4) is 0 Å². The standard InChI is InChI=1S/C14H22N2O/c1-5-10-14(3,15)13(17)16(4)12-8-6-11(2)7-9-12/h6-9H,5,10,15H2,1-4H3. The topological polar surface area (TPSA) is 46.3 Å². The molecule has 94 valence electrons. The summed E-state index contributed by atoms with van der Waals surface area (Å²) in [5, 5.41) is 0. The molecule has 0 aliphatic heterocycles. The number of carbonyl (C=O) groups excluding carboxylic acids is 1. The second-order valence-corrected chi connectivity index (χ2v) is 4.87. The summed E-state index contributed by atoms with van der Waals surface area (Å²) in [6, 6.07) is 7.87. The van der Waals surface area contributed by atoms with E-state index in [0.717, 1.165) is 12.1 Å². The maximum atomic E-state index is 12.2. The normalized spacial score (nSPS) is 14.2. The Morgan fingerprint density at radius 2 is 1.88 bits per heavy atom. The van der Waals surface area contributed by atoms with Crippen molar-refractivity contribution in [2.45, 2.75) is 39.2 Å². The first-order valence-electron chi connectivity index (χ1n) is 6.02. The summed E-state index contributed by atoms with van der Waals surface area (Å²) in [5.74, 6) is -0.0387. The fourth-order valence-corrected chi connectivity index (χ4v) is 1.90. The van der Waals surface area contributed by atoms with E-state index in [1.54, 1.807) is 18.9 Å². The minimum absolute atomic E-state index is 0.0387. The number of nitrogens with two attached hydrogens (primary N) is 1. The van der Waals surface area contributed by atoms with Crippen molar-refractivity contribution in [2.24, 2.45) is 5.73 Å². The number of likely N-dealkylation sites (N-methyl/N-ethyl adjacent to an activating group) is 1. The zero-order chi connectivity index (χ0) is 13.1. The Labute approximate surface area is 104 Å². The Bertz CT molecular complexity index is 382. The smallest absolute Gasteiger partial charge is 0.246 e. The third-order valence-corrected chi connectivity index (χ3v) is 2.98. The van der Waals surface area contributed by atoms with Crippen LogP contribution in [-0.2, 0) is 4.79 Å². The van der Waals surface area contributed by atoms with Crippen molar-refractivity contribution in [3.63, 3.8) is 0 Å². The van der Waals surface area contributed by atoms with Gasteiger partial charge < -0.3 is 10.6 Å². The molecule has 1 unspecified atom stereocenters. The Kier molecular flexibility index (Phi) is 4.29. The van der Waals surface area contributed by atoms with Crippen molar-refractivity contribution in [3.05, 3.63) is 29.8 Å². The molecule has 2 N–H and O–H groups in total. The van der Waals surface area contributed by atoms with Crippen LogP contribution in [0, 0.1) is 6.92 Å². The number of nitrogens with zero attached hydrogens (tertiary/aromatic N) is 1. The second-order valence-electron chi connectivity index (χ2n) is 4.87. The lowest BCUT2D eigenvalue weighted by molar-refractivity contribution is -0.123. The average molecular weight is 234 g/mol. The number of rotatable bonds is 4. The number of hydrogen-bond acceptors (Lipinski definition) is 2. The van der Waals surface area contributed by atoms with E-state index in [9.17, 15) is 4.79 Å². The summed E-state index contributed by atoms with van der Waals surface area (Å²) < 4.78 is 0. The van der Waals surface area contributed by atoms with E-state index in [4.69, 9.17) is 5.73 Å². The van der Waals surface area contributed by atoms with Crippen molar-refractivity contribution in [1.29, 1.82) is 0 Å². The number of hydrogen-bond donors (Lipinski definition) is 1. The molecule has 0 radical (unpaired) electrons. The number of amides is 1. The van der Waals surface area contributed by atoms with Crippen LogP contribution in [0.1, 0.15) is 32.3 Å². The molecule has 1 aromatic carbocycles. The lowest BCUT2D eigenvalue weighted by atomic mass is 9.95. The van der Waals surface area contributed by atoms with Gasteiger partial charge in [0, 0.05) is 12.7 Å². The molecule has 0 saturated heterocycles. The monoisotopic (exact) mass is 234 g/mol. The molecule has 0 spiro atoms. The minimum atomic E-state index is -0.783. The van der Waals surface area contributed by atoms with Crippen molar-refractivity contribution >= 4 is 11.6 Å². The van der Waals surface area contributed by atoms with Crippen LogP contribution in [0.2, 0.25) is 0 Å². The van der Waals surface area contributed by atoms with Gasteiger partial charge in [-0.05, 0) is 32.4 Å². The molecule has 0 aliphatic rings. The van der Waals surface area contributed by atoms with Gasteiger partial charge in [-0.3, -0.25) is 4.79 Å². The van der Waals surface area contributed by atoms with E-state index < -0.39 is 5.54 Å². The minimum Gasteiger partial charge on any atom is -0.318 e. The Morgan fingerprint density at radius 1 is 1.35 bits per heavy atom. The van der Waals surface area contributed by atoms with Crippen LogP contribution < -0.4 is 10.6 Å². The van der Waals surface area contributed by atoms with Gasteiger partial charge in [-0.15, -0.1) is 0 Å². The van der Waals surface area contributed by atoms with Gasteiger partial charge in [0.15, 0.2) is 0 Å². The molecule has 0 aliphatic carbocycles. The average Bonchev–Trinajstić information content (AvgIpc) is 2.28. The third kappa shape index (κ3) is 3.30. The van der Waals surface area contributed by atoms with Gasteiger partial charge in [-0.1, -0.05) is 31.0 Å². The summed E-state index contributed by atoms with van der Waals surface area (Å²) in [5.41, 5.74) is 7.33. The van der Waals surface area contributed by atoms with E-state index in [0.29, 0.717) is 6.42 Å². The molecule has 0 heterocycles. The number of benzene rings is 1. The van der Waals surface area contributed by atoms with Crippen molar-refractivity contribution < 1.29 is 4.79 Å². The van der Waals surface area contributed by atoms with E-state index in [2.05, 4.69) is 0 Å². The molecule has 1 amide bonds. The Hall–Kier alpha value is -1.35. The summed E-state index contributed by atoms with van der Waals surface area (Å²) in [6.07, 6.45) is 1.60. The number of aryl methyl sites for hydroxylation is 1. The van der Waals surface area contributed by atoms with Gasteiger partial charge >= 0.3 is 0 Å². The van der Waals surface area contributed by atoms with E-state index >= 15 is 0 Å². The van der Waals surface area contributed by atoms with Crippen molar-refractivity contribution in [3.8, 4) is 0 Å². The first-order chi connectivity index (χ1) is 7.88. The SMILES string of the molecule is CCCC(C)(N)C(=O)N(C)c1ccc(C)cc1. The maximum absolute atomic E-state index is 12.2. The van der Waals surface area contributed by atoms with Crippen LogP contribution in [0.25, 0.3) is 0 Å². The largest absolute Gasteiger partial charge is 0.318 e. The summed E-state index contributed by atoms with van der Waals surface area (Å²) in [6.45, 7) is 5.85. The number of anilines is 1. The molecule has 0 aromatic heterocycles. The molecule has 0 saturated carbocycles. The van der Waals surface area contributed by atoms with Crippen LogP contribution in [0.4, 0.5) is 5.69 Å². The van der Waals surface area contributed by atoms with Gasteiger partial charge in [0.25, 0.3) is 0 Å². The highest BCUT2D eigenvalue weighted by atomic mass is 16.2. The molecule has 3 nitrogen and oxygen atoms in total. The molecule has 0 fully saturated rings. The highest BCUT2D eigenvalue weighted by molar-refractivity contribution is 5.99. The van der Waals surface area contributed by atoms with Crippen LogP contribution in [0.15, 0.2) is 24.3 Å². The van der Waals surface area contributed by atoms with Crippen molar-refractivity contribution in [2.75, 3.05) is 11.9 Å². The zero-order valence-electron chi connectivity index (χ0n) is 11.2. The summed E-state index contributed by atoms with van der Waals surface area (Å²) in [4.78, 5) is 13.9. The van der Waals surface area contributed by atoms with E-state index in [-0.39, 0.29) is 5.91 Å². The fourth-order valence-electron chi connectivity index (χ4n) is 1.90. The van der Waals surface area contributed by atoms with Gasteiger partial charge in [-0.2, -0.15) is 0 Å². The molecular weight excluding hydrogens is 212 g/mol. The summed E-state index contributed by atoms with van der Waals surface area (Å²) >= 11 is 0. The lowest BCUT2D eigenvalue weighted by Crippen LogP contribution is -2.52. The van der Waals surface area contributed by atoms with Crippen molar-refractivity contribution in [1.82, 2.24) is 0 Å². The second kappa shape index (κ2) is 5.32. The quantitative estimate of drug-likeness (QED) is 0.870. The van der Waals surface area contributed by atoms with Gasteiger partial charge in [0.2, 0.25) is 5.91 Å². The molecule has 3 heteroatoms. The summed E-state index contributed by atoms with van der Waals surface area (Å²) in [7, 11) is 1.77. The van der Waals surface area contributed by atoms with E-state index in [1.165, 1.54) is 5.56 Å². The lowest BCUT2D eigenvalue weighted by Gasteiger charge is -2.29. The predicted octanol–water partition coefficient (Wildman–Crippen LogP) is 2.48. The van der Waals surface area contributed by atoms with Gasteiger partial charge in [-0.25, -0.2) is 0 Å². The highest BCUT2D eigenvalue weighted by Gasteiger charge is 2.30. The van der Waals surface area contributed by atoms with Crippen LogP contribution >= 0.6 is 0 Å². The molecule has 1 rings (SSSR count).